The van der Waals surface area contributed by atoms with Crippen molar-refractivity contribution in [1.82, 2.24) is 0 Å². The Labute approximate surface area is 125 Å². The number of rotatable bonds is 8. The van der Waals surface area contributed by atoms with E-state index in [4.69, 9.17) is 0 Å². The molecule has 0 unspecified atom stereocenters. The summed E-state index contributed by atoms with van der Waals surface area (Å²) < 4.78 is 0.341. The van der Waals surface area contributed by atoms with Gasteiger partial charge in [-0.25, -0.2) is 0 Å². The van der Waals surface area contributed by atoms with Gasteiger partial charge in [-0.3, -0.25) is 4.79 Å². The van der Waals surface area contributed by atoms with Gasteiger partial charge in [-0.1, -0.05) is 79.1 Å². The molecule has 3 heteroatoms. The van der Waals surface area contributed by atoms with E-state index in [1.807, 2.05) is 51.9 Å². The van der Waals surface area contributed by atoms with Gasteiger partial charge in [-0.2, -0.15) is 0 Å². The molecule has 0 saturated carbocycles. The molecular formula is C16H24OS2. The highest BCUT2D eigenvalue weighted by atomic mass is 33.1. The molecule has 0 spiro atoms. The summed E-state index contributed by atoms with van der Waals surface area (Å²) in [6.45, 7) is 6.72. The summed E-state index contributed by atoms with van der Waals surface area (Å²) in [5.41, 5.74) is 0.847. The van der Waals surface area contributed by atoms with Crippen LogP contribution < -0.4 is 0 Å². The highest BCUT2D eigenvalue weighted by Gasteiger charge is 2.10. The van der Waals surface area contributed by atoms with E-state index < -0.39 is 0 Å². The molecule has 0 atom stereocenters. The zero-order chi connectivity index (χ0) is 14.1. The molecule has 106 valence electrons. The van der Waals surface area contributed by atoms with Crippen molar-refractivity contribution in [2.45, 2.75) is 51.2 Å². The van der Waals surface area contributed by atoms with Crippen LogP contribution in [0.25, 0.3) is 0 Å². The van der Waals surface area contributed by atoms with Crippen LogP contribution in [0.5, 0.6) is 0 Å². The zero-order valence-electron chi connectivity index (χ0n) is 12.1. The molecule has 0 heterocycles. The van der Waals surface area contributed by atoms with E-state index >= 15 is 0 Å². The van der Waals surface area contributed by atoms with Crippen molar-refractivity contribution in [2.24, 2.45) is 0 Å². The van der Waals surface area contributed by atoms with Crippen LogP contribution in [-0.2, 0) is 0 Å². The lowest BCUT2D eigenvalue weighted by molar-refractivity contribution is 0.0979. The first-order chi connectivity index (χ1) is 8.99. The monoisotopic (exact) mass is 296 g/mol. The molecule has 0 amide bonds. The lowest BCUT2D eigenvalue weighted by Gasteiger charge is -2.15. The minimum atomic E-state index is 0.275. The van der Waals surface area contributed by atoms with Crippen molar-refractivity contribution in [3.05, 3.63) is 35.9 Å². The Morgan fingerprint density at radius 1 is 1.05 bits per heavy atom. The SMILES string of the molecule is CC(C)(C)SSCCCCCC(=O)c1ccccc1. The Bertz CT molecular complexity index is 368. The standard InChI is InChI=1S/C16H24OS2/c1-16(2,3)19-18-13-9-5-8-12-15(17)14-10-6-4-7-11-14/h4,6-7,10-11H,5,8-9,12-13H2,1-3H3. The van der Waals surface area contributed by atoms with Crippen LogP contribution in [0.4, 0.5) is 0 Å². The van der Waals surface area contributed by atoms with Gasteiger partial charge in [0.15, 0.2) is 5.78 Å². The van der Waals surface area contributed by atoms with E-state index in [1.54, 1.807) is 0 Å². The molecule has 0 fully saturated rings. The Hall–Kier alpha value is -0.410. The average molecular weight is 297 g/mol. The minimum Gasteiger partial charge on any atom is -0.294 e. The number of carbonyl (C=O) groups is 1. The van der Waals surface area contributed by atoms with Crippen LogP contribution in [0.1, 0.15) is 56.8 Å². The van der Waals surface area contributed by atoms with Crippen molar-refractivity contribution in [2.75, 3.05) is 5.75 Å². The largest absolute Gasteiger partial charge is 0.294 e. The minimum absolute atomic E-state index is 0.275. The van der Waals surface area contributed by atoms with E-state index in [0.717, 1.165) is 18.4 Å². The highest BCUT2D eigenvalue weighted by molar-refractivity contribution is 8.77. The molecule has 0 aliphatic carbocycles. The first-order valence-corrected chi connectivity index (χ1v) is 9.20. The van der Waals surface area contributed by atoms with Crippen molar-refractivity contribution in [1.29, 1.82) is 0 Å². The molecule has 1 aromatic rings. The summed E-state index contributed by atoms with van der Waals surface area (Å²) in [6.07, 6.45) is 4.04. The van der Waals surface area contributed by atoms with E-state index in [2.05, 4.69) is 20.8 Å². The summed E-state index contributed by atoms with van der Waals surface area (Å²) in [4.78, 5) is 11.9. The molecule has 0 radical (unpaired) electrons. The second-order valence-corrected chi connectivity index (χ2v) is 8.86. The average Bonchev–Trinajstić information content (AvgIpc) is 2.37. The fraction of sp³-hybridized carbons (Fsp3) is 0.562. The summed E-state index contributed by atoms with van der Waals surface area (Å²) >= 11 is 0. The van der Waals surface area contributed by atoms with Gasteiger partial charge in [-0.05, 0) is 12.8 Å². The second-order valence-electron chi connectivity index (χ2n) is 5.62. The van der Waals surface area contributed by atoms with Crippen molar-refractivity contribution >= 4 is 27.4 Å². The second kappa shape index (κ2) is 8.70. The maximum atomic E-state index is 11.9. The molecule has 1 rings (SSSR count). The maximum Gasteiger partial charge on any atom is 0.162 e. The fourth-order valence-electron chi connectivity index (χ4n) is 1.61. The Balaban J connectivity index is 2.04. The van der Waals surface area contributed by atoms with E-state index in [0.29, 0.717) is 11.2 Å². The lowest BCUT2D eigenvalue weighted by atomic mass is 10.1. The Morgan fingerprint density at radius 3 is 2.37 bits per heavy atom. The van der Waals surface area contributed by atoms with Gasteiger partial charge in [-0.15, -0.1) is 0 Å². The van der Waals surface area contributed by atoms with Gasteiger partial charge < -0.3 is 0 Å². The number of ketones is 1. The van der Waals surface area contributed by atoms with Gasteiger partial charge >= 0.3 is 0 Å². The van der Waals surface area contributed by atoms with Crippen molar-refractivity contribution in [3.8, 4) is 0 Å². The smallest absolute Gasteiger partial charge is 0.162 e. The van der Waals surface area contributed by atoms with Crippen molar-refractivity contribution < 1.29 is 4.79 Å². The zero-order valence-corrected chi connectivity index (χ0v) is 13.8. The number of carbonyl (C=O) groups excluding carboxylic acids is 1. The third-order valence-electron chi connectivity index (χ3n) is 2.54. The summed E-state index contributed by atoms with van der Waals surface area (Å²) in [6, 6.07) is 9.60. The third kappa shape index (κ3) is 8.38. The third-order valence-corrected chi connectivity index (χ3v) is 5.96. The van der Waals surface area contributed by atoms with Gasteiger partial charge in [0.05, 0.1) is 0 Å². The van der Waals surface area contributed by atoms with Crippen LogP contribution in [0, 0.1) is 0 Å². The van der Waals surface area contributed by atoms with Gasteiger partial charge in [0.1, 0.15) is 0 Å². The van der Waals surface area contributed by atoms with Crippen LogP contribution in [0.3, 0.4) is 0 Å². The predicted molar refractivity (Wildman–Crippen MR) is 89.0 cm³/mol. The Morgan fingerprint density at radius 2 is 1.74 bits per heavy atom. The fourth-order valence-corrected chi connectivity index (χ4v) is 4.03. The molecule has 0 aromatic heterocycles. The van der Waals surface area contributed by atoms with Crippen molar-refractivity contribution in [3.63, 3.8) is 0 Å². The van der Waals surface area contributed by atoms with E-state index in [-0.39, 0.29) is 5.78 Å². The quantitative estimate of drug-likeness (QED) is 0.352. The van der Waals surface area contributed by atoms with E-state index in [1.165, 1.54) is 12.2 Å². The molecule has 0 saturated heterocycles. The van der Waals surface area contributed by atoms with Crippen LogP contribution >= 0.6 is 21.6 Å². The number of benzene rings is 1. The summed E-state index contributed by atoms with van der Waals surface area (Å²) in [7, 11) is 3.89. The van der Waals surface area contributed by atoms with Crippen LogP contribution in [-0.4, -0.2) is 16.3 Å². The first kappa shape index (κ1) is 16.6. The van der Waals surface area contributed by atoms with Gasteiger partial charge in [0.25, 0.3) is 0 Å². The number of hydrogen-bond donors (Lipinski definition) is 0. The molecule has 0 aliphatic heterocycles. The number of hydrogen-bond acceptors (Lipinski definition) is 3. The lowest BCUT2D eigenvalue weighted by Crippen LogP contribution is -2.04. The van der Waals surface area contributed by atoms with Crippen LogP contribution in [0.15, 0.2) is 30.3 Å². The topological polar surface area (TPSA) is 17.1 Å². The first-order valence-electron chi connectivity index (χ1n) is 6.88. The van der Waals surface area contributed by atoms with Gasteiger partial charge in [0, 0.05) is 22.5 Å². The molecule has 0 aliphatic rings. The normalized spacial score (nSPS) is 11.5. The summed E-state index contributed by atoms with van der Waals surface area (Å²) in [5.74, 6) is 1.46. The maximum absolute atomic E-state index is 11.9. The number of unbranched alkanes of at least 4 members (excludes halogenated alkanes) is 2. The molecule has 0 N–H and O–H groups in total. The molecule has 0 bridgehead atoms. The molecular weight excluding hydrogens is 272 g/mol. The van der Waals surface area contributed by atoms with E-state index in [9.17, 15) is 4.79 Å². The molecule has 1 nitrogen and oxygen atoms in total. The molecule has 19 heavy (non-hydrogen) atoms. The number of Topliss-reactive ketones (excluding diaryl/α,β-unsaturated/α-hetero) is 1. The Kier molecular flexibility index (Phi) is 7.62. The predicted octanol–water partition coefficient (Wildman–Crippen LogP) is 5.61. The van der Waals surface area contributed by atoms with Gasteiger partial charge in [0.2, 0.25) is 0 Å². The molecule has 1 aromatic carbocycles. The highest BCUT2D eigenvalue weighted by Crippen LogP contribution is 2.35. The summed E-state index contributed by atoms with van der Waals surface area (Å²) in [5, 5.41) is 0. The van der Waals surface area contributed by atoms with Crippen LogP contribution in [0.2, 0.25) is 0 Å².